The molecule has 2 fully saturated rings. The number of likely N-dealkylation sites (N-methyl/N-ethyl adjacent to an activating group) is 1. The SMILES string of the molecule is Cc1cc(S(=O)(=O)N2CC[C@@H]3OCCN(C)[C@H]3C2)c(F)cc1F. The summed E-state index contributed by atoms with van der Waals surface area (Å²) in [6.45, 7) is 3.31. The maximum Gasteiger partial charge on any atom is 0.246 e. The van der Waals surface area contributed by atoms with Crippen molar-refractivity contribution in [2.45, 2.75) is 30.4 Å². The van der Waals surface area contributed by atoms with Gasteiger partial charge in [0.1, 0.15) is 16.5 Å². The summed E-state index contributed by atoms with van der Waals surface area (Å²) in [5.74, 6) is -1.80. The van der Waals surface area contributed by atoms with Crippen LogP contribution >= 0.6 is 0 Å². The lowest BCUT2D eigenvalue weighted by Crippen LogP contribution is -2.59. The van der Waals surface area contributed by atoms with E-state index in [9.17, 15) is 17.2 Å². The van der Waals surface area contributed by atoms with E-state index in [1.54, 1.807) is 0 Å². The van der Waals surface area contributed by atoms with Gasteiger partial charge in [0.2, 0.25) is 10.0 Å². The second-order valence-corrected chi connectivity index (χ2v) is 8.05. The third kappa shape index (κ3) is 3.00. The quantitative estimate of drug-likeness (QED) is 0.812. The zero-order chi connectivity index (χ0) is 16.8. The zero-order valence-corrected chi connectivity index (χ0v) is 13.9. The number of hydrogen-bond acceptors (Lipinski definition) is 4. The minimum absolute atomic E-state index is 0.000000787. The molecule has 8 heteroatoms. The van der Waals surface area contributed by atoms with E-state index in [0.29, 0.717) is 19.1 Å². The number of benzene rings is 1. The molecule has 3 rings (SSSR count). The molecule has 0 aromatic heterocycles. The van der Waals surface area contributed by atoms with Crippen LogP contribution in [0.3, 0.4) is 0 Å². The van der Waals surface area contributed by atoms with Crippen LogP contribution < -0.4 is 0 Å². The van der Waals surface area contributed by atoms with Crippen molar-refractivity contribution in [1.29, 1.82) is 0 Å². The summed E-state index contributed by atoms with van der Waals surface area (Å²) in [7, 11) is -2.07. The standard InChI is InChI=1S/C15H20F2N2O3S/c1-10-7-15(12(17)8-11(10)16)23(20,21)19-4-3-14-13(9-19)18(2)5-6-22-14/h7-8,13-14H,3-6,9H2,1-2H3/t13-,14-/m0/s1. The molecule has 0 aliphatic carbocycles. The largest absolute Gasteiger partial charge is 0.375 e. The highest BCUT2D eigenvalue weighted by Gasteiger charge is 2.40. The molecule has 1 aromatic rings. The number of fused-ring (bicyclic) bond motifs is 1. The fourth-order valence-corrected chi connectivity index (χ4v) is 4.80. The minimum atomic E-state index is -4.00. The van der Waals surface area contributed by atoms with Crippen molar-refractivity contribution < 1.29 is 21.9 Å². The van der Waals surface area contributed by atoms with Gasteiger partial charge in [0.25, 0.3) is 0 Å². The molecule has 23 heavy (non-hydrogen) atoms. The average molecular weight is 346 g/mol. The Morgan fingerprint density at radius 2 is 1.96 bits per heavy atom. The number of halogens is 2. The fraction of sp³-hybridized carbons (Fsp3) is 0.600. The first kappa shape index (κ1) is 16.8. The number of rotatable bonds is 2. The van der Waals surface area contributed by atoms with Gasteiger partial charge in [0.15, 0.2) is 0 Å². The first-order valence-corrected chi connectivity index (χ1v) is 9.02. The van der Waals surface area contributed by atoms with Crippen LogP contribution in [0.25, 0.3) is 0 Å². The number of hydrogen-bond donors (Lipinski definition) is 0. The Labute approximate surface area is 134 Å². The highest BCUT2D eigenvalue weighted by Crippen LogP contribution is 2.28. The van der Waals surface area contributed by atoms with E-state index in [1.807, 2.05) is 7.05 Å². The number of aryl methyl sites for hydroxylation is 1. The van der Waals surface area contributed by atoms with E-state index < -0.39 is 26.6 Å². The second kappa shape index (κ2) is 6.08. The first-order valence-electron chi connectivity index (χ1n) is 7.58. The molecule has 0 amide bonds. The fourth-order valence-electron chi connectivity index (χ4n) is 3.20. The van der Waals surface area contributed by atoms with E-state index in [2.05, 4.69) is 4.90 Å². The Hall–Kier alpha value is -1.09. The van der Waals surface area contributed by atoms with E-state index in [1.165, 1.54) is 11.2 Å². The molecule has 2 atom stereocenters. The monoisotopic (exact) mass is 346 g/mol. The molecule has 2 saturated heterocycles. The number of ether oxygens (including phenoxy) is 1. The highest BCUT2D eigenvalue weighted by atomic mass is 32.2. The number of nitrogens with zero attached hydrogens (tertiary/aromatic N) is 2. The van der Waals surface area contributed by atoms with E-state index in [0.717, 1.165) is 12.6 Å². The zero-order valence-electron chi connectivity index (χ0n) is 13.1. The maximum absolute atomic E-state index is 14.0. The predicted molar refractivity (Wildman–Crippen MR) is 80.6 cm³/mol. The van der Waals surface area contributed by atoms with Crippen molar-refractivity contribution in [3.05, 3.63) is 29.3 Å². The van der Waals surface area contributed by atoms with Crippen molar-refractivity contribution >= 4 is 10.0 Å². The van der Waals surface area contributed by atoms with Gasteiger partial charge < -0.3 is 4.74 Å². The van der Waals surface area contributed by atoms with Crippen molar-refractivity contribution in [3.8, 4) is 0 Å². The number of sulfonamides is 1. The minimum Gasteiger partial charge on any atom is -0.375 e. The Morgan fingerprint density at radius 3 is 2.70 bits per heavy atom. The molecule has 2 heterocycles. The van der Waals surface area contributed by atoms with Gasteiger partial charge in [-0.05, 0) is 32.0 Å². The lowest BCUT2D eigenvalue weighted by molar-refractivity contribution is -0.0840. The summed E-state index contributed by atoms with van der Waals surface area (Å²) in [5, 5.41) is 0. The van der Waals surface area contributed by atoms with Crippen molar-refractivity contribution in [1.82, 2.24) is 9.21 Å². The van der Waals surface area contributed by atoms with Crippen molar-refractivity contribution in [3.63, 3.8) is 0 Å². The summed E-state index contributed by atoms with van der Waals surface area (Å²) < 4.78 is 59.9. The topological polar surface area (TPSA) is 49.9 Å². The van der Waals surface area contributed by atoms with E-state index >= 15 is 0 Å². The van der Waals surface area contributed by atoms with Crippen LogP contribution in [0.15, 0.2) is 17.0 Å². The maximum atomic E-state index is 14.0. The van der Waals surface area contributed by atoms with Gasteiger partial charge in [-0.1, -0.05) is 0 Å². The van der Waals surface area contributed by atoms with Gasteiger partial charge in [-0.2, -0.15) is 4.31 Å². The van der Waals surface area contributed by atoms with Crippen LogP contribution in [0, 0.1) is 18.6 Å². The van der Waals surface area contributed by atoms with Crippen LogP contribution in [-0.4, -0.2) is 63.1 Å². The molecule has 0 saturated carbocycles. The first-order chi connectivity index (χ1) is 10.8. The molecule has 0 bridgehead atoms. The molecule has 128 valence electrons. The molecule has 0 N–H and O–H groups in total. The van der Waals surface area contributed by atoms with Gasteiger partial charge in [0.05, 0.1) is 12.7 Å². The third-order valence-electron chi connectivity index (χ3n) is 4.66. The molecular weight excluding hydrogens is 326 g/mol. The number of piperidine rings is 1. The van der Waals surface area contributed by atoms with E-state index in [4.69, 9.17) is 4.74 Å². The van der Waals surface area contributed by atoms with Gasteiger partial charge in [-0.15, -0.1) is 0 Å². The molecule has 0 spiro atoms. The molecule has 2 aliphatic rings. The lowest BCUT2D eigenvalue weighted by Gasteiger charge is -2.45. The van der Waals surface area contributed by atoms with Crippen LogP contribution in [0.4, 0.5) is 8.78 Å². The summed E-state index contributed by atoms with van der Waals surface area (Å²) in [4.78, 5) is 1.61. The van der Waals surface area contributed by atoms with Crippen LogP contribution in [0.1, 0.15) is 12.0 Å². The molecular formula is C15H20F2N2O3S. The smallest absolute Gasteiger partial charge is 0.246 e. The van der Waals surface area contributed by atoms with Gasteiger partial charge >= 0.3 is 0 Å². The Balaban J connectivity index is 1.90. The average Bonchev–Trinajstić information content (AvgIpc) is 2.51. The molecule has 5 nitrogen and oxygen atoms in total. The van der Waals surface area contributed by atoms with Crippen LogP contribution in [0.2, 0.25) is 0 Å². The molecule has 0 radical (unpaired) electrons. The number of morpholine rings is 1. The lowest BCUT2D eigenvalue weighted by atomic mass is 10.0. The summed E-state index contributed by atoms with van der Waals surface area (Å²) in [6.07, 6.45) is 0.566. The second-order valence-electron chi connectivity index (χ2n) is 6.14. The third-order valence-corrected chi connectivity index (χ3v) is 6.54. The van der Waals surface area contributed by atoms with Crippen molar-refractivity contribution in [2.75, 3.05) is 33.3 Å². The summed E-state index contributed by atoms with van der Waals surface area (Å²) in [6, 6.07) is 1.65. The highest BCUT2D eigenvalue weighted by molar-refractivity contribution is 7.89. The van der Waals surface area contributed by atoms with Crippen LogP contribution in [-0.2, 0) is 14.8 Å². The Kier molecular flexibility index (Phi) is 4.43. The van der Waals surface area contributed by atoms with Gasteiger partial charge in [0, 0.05) is 31.7 Å². The predicted octanol–water partition coefficient (Wildman–Crippen LogP) is 1.37. The summed E-state index contributed by atoms with van der Waals surface area (Å²) in [5.41, 5.74) is 0.109. The van der Waals surface area contributed by atoms with Gasteiger partial charge in [-0.3, -0.25) is 4.90 Å². The Morgan fingerprint density at radius 1 is 1.22 bits per heavy atom. The Bertz CT molecular complexity index is 711. The van der Waals surface area contributed by atoms with E-state index in [-0.39, 0.29) is 30.8 Å². The normalized spacial score (nSPS) is 27.0. The van der Waals surface area contributed by atoms with Crippen LogP contribution in [0.5, 0.6) is 0 Å². The molecule has 2 aliphatic heterocycles. The summed E-state index contributed by atoms with van der Waals surface area (Å²) >= 11 is 0. The van der Waals surface area contributed by atoms with Gasteiger partial charge in [-0.25, -0.2) is 17.2 Å². The molecule has 0 unspecified atom stereocenters. The van der Waals surface area contributed by atoms with Crippen molar-refractivity contribution in [2.24, 2.45) is 0 Å². The molecule has 1 aromatic carbocycles.